The average Bonchev–Trinajstić information content (AvgIpc) is 1.42. The highest BCUT2D eigenvalue weighted by molar-refractivity contribution is 7.13. The van der Waals surface area contributed by atoms with Gasteiger partial charge in [-0.25, -0.2) is 18.2 Å². The number of hydrogen-bond acceptors (Lipinski definition) is 21. The standard InChI is InChI=1S/C25H26FN5O.C23H22FN5O.C23H24FN5O.C17H15N5OS/c26-20-5-3-18(4-6-20)22-8-7-21(27)23(29-22)12-25(32)31-15-19-11-17(13-28-24(19)16-31)14-30-9-1-2-10-30;24-17-4-2-15(3-5-17)20-7-6-19(25)21(27-20)11-23(30)29-13-16-10-18(28-8-1-9-28)12-26-22(16)14-29;1-28(2)12-15-9-17-13-29(14-22(17)26-11-15)23(30)10-21-19(25)7-8-20(27-21)16-3-5-18(24)6-4-16;18-11-3-4-12(16-2-1-7-24-16)21-13(11)8-17(23)22-9-14-15(10-22)20-6-5-19-14/h3-8,11,13H,1-2,9-10,12,14-16,27H2;2-7,10,12H,1,8-9,11,13-14,25H2;3-9,11H,10,12-14,25H2,1-2H3;1-7H,8-10,18H2. The molecule has 24 nitrogen and oxygen atoms in total. The third-order valence-electron chi connectivity index (χ3n) is 21.2. The van der Waals surface area contributed by atoms with Crippen molar-refractivity contribution in [2.75, 3.05) is 68.1 Å². The number of halogens is 3. The quantitative estimate of drug-likeness (QED) is 0.0658. The molecule has 0 unspecified atom stereocenters. The van der Waals surface area contributed by atoms with Crippen LogP contribution in [0.5, 0.6) is 0 Å². The van der Waals surface area contributed by atoms with Crippen molar-refractivity contribution in [3.8, 4) is 44.3 Å². The Labute approximate surface area is 673 Å². The molecule has 590 valence electrons. The van der Waals surface area contributed by atoms with E-state index in [0.717, 1.165) is 123 Å². The van der Waals surface area contributed by atoms with Gasteiger partial charge in [-0.15, -0.1) is 11.3 Å². The second kappa shape index (κ2) is 35.2. The van der Waals surface area contributed by atoms with E-state index in [1.807, 2.05) is 67.2 Å². The van der Waals surface area contributed by atoms with Gasteiger partial charge in [-0.05, 0) is 225 Å². The van der Waals surface area contributed by atoms with Gasteiger partial charge in [0, 0.05) is 87.3 Å². The summed E-state index contributed by atoms with van der Waals surface area (Å²) in [5.74, 6) is -1.03. The fourth-order valence-corrected chi connectivity index (χ4v) is 15.4. The summed E-state index contributed by atoms with van der Waals surface area (Å²) in [6.45, 7) is 10.3. The van der Waals surface area contributed by atoms with E-state index >= 15 is 0 Å². The third kappa shape index (κ3) is 19.0. The monoisotopic (exact) mass is 1580 g/mol. The van der Waals surface area contributed by atoms with E-state index in [4.69, 9.17) is 22.9 Å². The number of aromatic nitrogens is 9. The lowest BCUT2D eigenvalue weighted by Gasteiger charge is -2.33. The lowest BCUT2D eigenvalue weighted by atomic mass is 10.1. The number of nitrogens with zero attached hydrogens (tertiary/aromatic N) is 16. The molecule has 0 radical (unpaired) electrons. The van der Waals surface area contributed by atoms with Gasteiger partial charge in [0.25, 0.3) is 0 Å². The van der Waals surface area contributed by atoms with E-state index in [2.05, 4.69) is 77.8 Å². The molecule has 2 saturated heterocycles. The molecule has 0 atom stereocenters. The van der Waals surface area contributed by atoms with E-state index in [-0.39, 0.29) is 66.8 Å². The fraction of sp³-hybridized carbons (Fsp3) is 0.261. The maximum absolute atomic E-state index is 13.2. The van der Waals surface area contributed by atoms with E-state index in [1.54, 1.807) is 111 Å². The van der Waals surface area contributed by atoms with Crippen molar-refractivity contribution in [1.82, 2.24) is 74.3 Å². The van der Waals surface area contributed by atoms with Crippen LogP contribution >= 0.6 is 11.3 Å². The molecule has 18 rings (SSSR count). The van der Waals surface area contributed by atoms with Gasteiger partial charge in [0.05, 0.1) is 172 Å². The minimum atomic E-state index is -0.305. The summed E-state index contributed by atoms with van der Waals surface area (Å²) >= 11 is 1.61. The lowest BCUT2D eigenvalue weighted by Crippen LogP contribution is -2.37. The summed E-state index contributed by atoms with van der Waals surface area (Å²) in [5, 5.41) is 2.00. The van der Waals surface area contributed by atoms with Gasteiger partial charge in [-0.1, -0.05) is 6.07 Å². The van der Waals surface area contributed by atoms with Gasteiger partial charge in [-0.3, -0.25) is 63.9 Å². The van der Waals surface area contributed by atoms with Gasteiger partial charge >= 0.3 is 0 Å². The van der Waals surface area contributed by atoms with Crippen molar-refractivity contribution in [2.45, 2.75) is 110 Å². The molecule has 2 fully saturated rings. The zero-order chi connectivity index (χ0) is 80.5. The first-order chi connectivity index (χ1) is 56.2. The first kappa shape index (κ1) is 78.4. The van der Waals surface area contributed by atoms with Crippen molar-refractivity contribution in [3.05, 3.63) is 285 Å². The van der Waals surface area contributed by atoms with Crippen LogP contribution in [0.1, 0.15) is 98.3 Å². The number of carbonyl (C=O) groups is 4. The average molecular weight is 1580 g/mol. The number of nitrogens with two attached hydrogens (primary N) is 4. The van der Waals surface area contributed by atoms with Crippen LogP contribution in [0.2, 0.25) is 0 Å². The van der Waals surface area contributed by atoms with Crippen LogP contribution in [-0.2, 0) is 110 Å². The molecule has 6 aliphatic rings. The number of anilines is 5. The van der Waals surface area contributed by atoms with Crippen molar-refractivity contribution in [1.29, 1.82) is 0 Å². The number of pyridine rings is 7. The number of fused-ring (bicyclic) bond motifs is 4. The predicted molar refractivity (Wildman–Crippen MR) is 439 cm³/mol. The maximum Gasteiger partial charge on any atom is 0.229 e. The van der Waals surface area contributed by atoms with Crippen LogP contribution in [0.15, 0.2) is 188 Å². The number of benzene rings is 3. The highest BCUT2D eigenvalue weighted by Crippen LogP contribution is 2.33. The predicted octanol–water partition coefficient (Wildman–Crippen LogP) is 12.0. The van der Waals surface area contributed by atoms with E-state index < -0.39 is 0 Å². The van der Waals surface area contributed by atoms with E-state index in [1.165, 1.54) is 61.2 Å². The zero-order valence-corrected chi connectivity index (χ0v) is 65.2. The number of hydrogen-bond donors (Lipinski definition) is 4. The first-order valence-corrected chi connectivity index (χ1v) is 39.4. The number of likely N-dealkylation sites (tertiary alicyclic amines) is 1. The molecule has 116 heavy (non-hydrogen) atoms. The molecule has 12 aromatic rings. The molecular formula is C88H87F3N20O4S. The van der Waals surface area contributed by atoms with Crippen molar-refractivity contribution in [2.24, 2.45) is 0 Å². The Morgan fingerprint density at radius 2 is 0.776 bits per heavy atom. The van der Waals surface area contributed by atoms with Gasteiger partial charge in [0.1, 0.15) is 17.5 Å². The molecule has 0 spiro atoms. The Balaban J connectivity index is 0.000000122. The summed E-state index contributed by atoms with van der Waals surface area (Å²) in [4.78, 5) is 107. The van der Waals surface area contributed by atoms with Crippen molar-refractivity contribution < 1.29 is 32.3 Å². The minimum Gasteiger partial charge on any atom is -0.397 e. The number of rotatable bonds is 17. The largest absolute Gasteiger partial charge is 0.397 e. The minimum absolute atomic E-state index is 0.0164. The van der Waals surface area contributed by atoms with Crippen LogP contribution in [0, 0.1) is 17.5 Å². The number of amides is 4. The summed E-state index contributed by atoms with van der Waals surface area (Å²) in [7, 11) is 4.03. The Morgan fingerprint density at radius 3 is 1.17 bits per heavy atom. The highest BCUT2D eigenvalue weighted by atomic mass is 32.1. The maximum atomic E-state index is 13.2. The van der Waals surface area contributed by atoms with Crippen molar-refractivity contribution >= 4 is 63.4 Å². The molecule has 9 aromatic heterocycles. The van der Waals surface area contributed by atoms with E-state index in [9.17, 15) is 32.3 Å². The molecule has 28 heteroatoms. The van der Waals surface area contributed by atoms with Gasteiger partial charge in [-0.2, -0.15) is 0 Å². The molecule has 0 aliphatic carbocycles. The van der Waals surface area contributed by atoms with Crippen LogP contribution in [0.4, 0.5) is 41.6 Å². The SMILES string of the molecule is CN(C)Cc1cnc2c(c1)CN(C(=O)Cc1nc(-c3ccc(F)cc3)ccc1N)C2.Nc1ccc(-c2ccc(F)cc2)nc1CC(=O)N1Cc2cc(CN3CCCC3)cnc2C1.Nc1ccc(-c2ccc(F)cc2)nc1CC(=O)N1Cc2cc(N3CCC3)cnc2C1.Nc1ccc(-c2cccs2)nc1CC(=O)N1Cc2nccnc2C1. The molecule has 6 aliphatic heterocycles. The molecule has 4 amide bonds. The summed E-state index contributed by atoms with van der Waals surface area (Å²) in [6, 6.07) is 43.0. The Morgan fingerprint density at radius 1 is 0.405 bits per heavy atom. The lowest BCUT2D eigenvalue weighted by molar-refractivity contribution is -0.131. The second-order valence-electron chi connectivity index (χ2n) is 29.8. The molecule has 8 N–H and O–H groups in total. The normalized spacial score (nSPS) is 14.3. The second-order valence-corrected chi connectivity index (χ2v) is 30.8. The fourth-order valence-electron chi connectivity index (χ4n) is 14.7. The number of carbonyl (C=O) groups excluding carboxylic acids is 4. The Hall–Kier alpha value is -12.9. The highest BCUT2D eigenvalue weighted by Gasteiger charge is 2.32. The molecule has 0 saturated carbocycles. The van der Waals surface area contributed by atoms with Crippen LogP contribution < -0.4 is 27.8 Å². The Kier molecular flexibility index (Phi) is 23.8. The summed E-state index contributed by atoms with van der Waals surface area (Å²) in [5.41, 5.74) is 45.0. The van der Waals surface area contributed by atoms with Crippen LogP contribution in [-0.4, -0.2) is 138 Å². The number of thiophene rings is 1. The van der Waals surface area contributed by atoms with Crippen molar-refractivity contribution in [3.63, 3.8) is 0 Å². The van der Waals surface area contributed by atoms with Crippen LogP contribution in [0.25, 0.3) is 44.3 Å². The number of nitrogen functional groups attached to an aromatic ring is 4. The van der Waals surface area contributed by atoms with Gasteiger partial charge < -0.3 is 52.3 Å². The smallest absolute Gasteiger partial charge is 0.229 e. The Bertz CT molecular complexity index is 5570. The molecule has 15 heterocycles. The van der Waals surface area contributed by atoms with Gasteiger partial charge in [0.15, 0.2) is 0 Å². The third-order valence-corrected chi connectivity index (χ3v) is 22.1. The van der Waals surface area contributed by atoms with Gasteiger partial charge in [0.2, 0.25) is 23.6 Å². The van der Waals surface area contributed by atoms with Crippen LogP contribution in [0.3, 0.4) is 0 Å². The summed E-state index contributed by atoms with van der Waals surface area (Å²) in [6.07, 6.45) is 13.3. The summed E-state index contributed by atoms with van der Waals surface area (Å²) < 4.78 is 39.6. The topological polar surface area (TPSA) is 311 Å². The molecule has 0 bridgehead atoms. The first-order valence-electron chi connectivity index (χ1n) is 38.5. The zero-order valence-electron chi connectivity index (χ0n) is 64.4. The van der Waals surface area contributed by atoms with E-state index in [0.29, 0.717) is 115 Å². The molecule has 3 aromatic carbocycles. The molecular weight excluding hydrogens is 1490 g/mol.